The van der Waals surface area contributed by atoms with Crippen LogP contribution in [-0.4, -0.2) is 22.6 Å². The summed E-state index contributed by atoms with van der Waals surface area (Å²) >= 11 is 4.98. The van der Waals surface area contributed by atoms with E-state index in [9.17, 15) is 0 Å². The molecule has 0 unspecified atom stereocenters. The van der Waals surface area contributed by atoms with E-state index in [-0.39, 0.29) is 0 Å². The van der Waals surface area contributed by atoms with Gasteiger partial charge >= 0.3 is 0 Å². The maximum absolute atomic E-state index is 5.77. The van der Waals surface area contributed by atoms with E-state index >= 15 is 0 Å². The Labute approximate surface area is 143 Å². The van der Waals surface area contributed by atoms with Gasteiger partial charge in [0.2, 0.25) is 5.89 Å². The topological polar surface area (TPSA) is 48.2 Å². The molecule has 0 aliphatic heterocycles. The second-order valence-corrected chi connectivity index (χ2v) is 7.36. The van der Waals surface area contributed by atoms with Gasteiger partial charge in [0, 0.05) is 16.1 Å². The van der Waals surface area contributed by atoms with Gasteiger partial charge in [-0.1, -0.05) is 53.0 Å². The number of aromatic nitrogens is 2. The number of ether oxygens (including phenoxy) is 1. The van der Waals surface area contributed by atoms with Crippen molar-refractivity contribution < 1.29 is 9.15 Å². The summed E-state index contributed by atoms with van der Waals surface area (Å²) < 4.78 is 12.5. The minimum atomic E-state index is 0.466. The Morgan fingerprint density at radius 1 is 1.23 bits per heavy atom. The van der Waals surface area contributed by atoms with Crippen molar-refractivity contribution in [3.8, 4) is 5.75 Å². The van der Waals surface area contributed by atoms with Crippen molar-refractivity contribution >= 4 is 27.7 Å². The highest BCUT2D eigenvalue weighted by Crippen LogP contribution is 2.32. The zero-order valence-corrected chi connectivity index (χ0v) is 14.7. The van der Waals surface area contributed by atoms with Crippen molar-refractivity contribution in [3.63, 3.8) is 0 Å². The van der Waals surface area contributed by atoms with Crippen LogP contribution in [0.2, 0.25) is 0 Å². The molecule has 1 aromatic carbocycles. The smallest absolute Gasteiger partial charge is 0.276 e. The third kappa shape index (κ3) is 4.49. The van der Waals surface area contributed by atoms with Crippen molar-refractivity contribution in [2.75, 3.05) is 12.4 Å². The quantitative estimate of drug-likeness (QED) is 0.516. The molecule has 1 saturated carbocycles. The zero-order chi connectivity index (χ0) is 15.2. The molecule has 6 heteroatoms. The van der Waals surface area contributed by atoms with E-state index in [1.807, 2.05) is 24.3 Å². The maximum Gasteiger partial charge on any atom is 0.276 e. The van der Waals surface area contributed by atoms with Crippen LogP contribution >= 0.6 is 27.7 Å². The first-order valence-electron chi connectivity index (χ1n) is 7.66. The molecule has 3 rings (SSSR count). The van der Waals surface area contributed by atoms with E-state index in [1.165, 1.54) is 32.1 Å². The van der Waals surface area contributed by atoms with Crippen LogP contribution < -0.4 is 4.74 Å². The molecule has 118 valence electrons. The fourth-order valence-electron chi connectivity index (χ4n) is 2.64. The Morgan fingerprint density at radius 2 is 2.09 bits per heavy atom. The molecule has 0 saturated heterocycles. The van der Waals surface area contributed by atoms with E-state index in [0.29, 0.717) is 17.7 Å². The molecule has 0 amide bonds. The molecule has 0 radical (unpaired) electrons. The lowest BCUT2D eigenvalue weighted by molar-refractivity contribution is 0.331. The third-order valence-corrected chi connectivity index (χ3v) is 5.03. The van der Waals surface area contributed by atoms with Gasteiger partial charge < -0.3 is 9.15 Å². The fourth-order valence-corrected chi connectivity index (χ4v) is 3.60. The third-order valence-electron chi connectivity index (χ3n) is 3.75. The van der Waals surface area contributed by atoms with Crippen molar-refractivity contribution in [1.82, 2.24) is 10.2 Å². The summed E-state index contributed by atoms with van der Waals surface area (Å²) in [5.41, 5.74) is 0. The summed E-state index contributed by atoms with van der Waals surface area (Å²) in [6.45, 7) is 0.613. The van der Waals surface area contributed by atoms with Crippen LogP contribution in [0.3, 0.4) is 0 Å². The molecule has 22 heavy (non-hydrogen) atoms. The van der Waals surface area contributed by atoms with E-state index in [2.05, 4.69) is 26.1 Å². The van der Waals surface area contributed by atoms with Crippen molar-refractivity contribution in [2.45, 2.75) is 43.2 Å². The van der Waals surface area contributed by atoms with Gasteiger partial charge in [-0.25, -0.2) is 0 Å². The second-order valence-electron chi connectivity index (χ2n) is 5.40. The van der Waals surface area contributed by atoms with Crippen molar-refractivity contribution in [1.29, 1.82) is 0 Å². The van der Waals surface area contributed by atoms with Crippen molar-refractivity contribution in [3.05, 3.63) is 34.6 Å². The molecule has 1 aliphatic rings. The predicted molar refractivity (Wildman–Crippen MR) is 90.5 cm³/mol. The number of nitrogens with zero attached hydrogens (tertiary/aromatic N) is 2. The van der Waals surface area contributed by atoms with E-state index in [4.69, 9.17) is 9.15 Å². The van der Waals surface area contributed by atoms with Gasteiger partial charge in [0.1, 0.15) is 5.75 Å². The van der Waals surface area contributed by atoms with Crippen LogP contribution in [0.25, 0.3) is 0 Å². The average Bonchev–Trinajstić information content (AvgIpc) is 3.01. The van der Waals surface area contributed by atoms with Gasteiger partial charge in [-0.3, -0.25) is 0 Å². The van der Waals surface area contributed by atoms with Gasteiger partial charge in [-0.05, 0) is 31.0 Å². The van der Waals surface area contributed by atoms with Crippen LogP contribution in [0.5, 0.6) is 5.75 Å². The highest BCUT2D eigenvalue weighted by atomic mass is 79.9. The molecule has 1 aliphatic carbocycles. The van der Waals surface area contributed by atoms with E-state index in [0.717, 1.165) is 21.9 Å². The van der Waals surface area contributed by atoms with Crippen LogP contribution in [0.4, 0.5) is 0 Å². The lowest BCUT2D eigenvalue weighted by atomic mass is 9.89. The Balaban J connectivity index is 1.43. The number of thioether (sulfide) groups is 1. The van der Waals surface area contributed by atoms with Gasteiger partial charge in [0.05, 0.1) is 6.61 Å². The van der Waals surface area contributed by atoms with Gasteiger partial charge in [-0.2, -0.15) is 0 Å². The van der Waals surface area contributed by atoms with Crippen LogP contribution in [0.1, 0.15) is 43.9 Å². The normalized spacial score (nSPS) is 15.9. The van der Waals surface area contributed by atoms with E-state index in [1.54, 1.807) is 11.8 Å². The zero-order valence-electron chi connectivity index (χ0n) is 12.3. The first-order valence-corrected chi connectivity index (χ1v) is 9.44. The summed E-state index contributed by atoms with van der Waals surface area (Å²) in [5.74, 6) is 2.94. The Bertz CT molecular complexity index is 599. The number of hydrogen-bond donors (Lipinski definition) is 0. The highest BCUT2D eigenvalue weighted by molar-refractivity contribution is 9.10. The summed E-state index contributed by atoms with van der Waals surface area (Å²) in [5, 5.41) is 8.99. The number of rotatable bonds is 6. The Morgan fingerprint density at radius 3 is 2.91 bits per heavy atom. The first-order chi connectivity index (χ1) is 10.8. The van der Waals surface area contributed by atoms with Gasteiger partial charge in [0.15, 0.2) is 0 Å². The summed E-state index contributed by atoms with van der Waals surface area (Å²) in [6.07, 6.45) is 6.24. The highest BCUT2D eigenvalue weighted by Gasteiger charge is 2.21. The SMILES string of the molecule is Brc1cccc(OCCSc2nnc(C3CCCCC3)o2)c1. The lowest BCUT2D eigenvalue weighted by Gasteiger charge is -2.17. The maximum atomic E-state index is 5.77. The summed E-state index contributed by atoms with van der Waals surface area (Å²) in [4.78, 5) is 0. The predicted octanol–water partition coefficient (Wildman–Crippen LogP) is 5.05. The largest absolute Gasteiger partial charge is 0.493 e. The van der Waals surface area contributed by atoms with Crippen LogP contribution in [0.15, 0.2) is 38.4 Å². The minimum absolute atomic E-state index is 0.466. The number of benzene rings is 1. The standard InChI is InChI=1S/C16H19BrN2O2S/c17-13-7-4-8-14(11-13)20-9-10-22-16-19-18-15(21-16)12-5-2-1-3-6-12/h4,7-8,11-12H,1-3,5-6,9-10H2. The summed E-state index contributed by atoms with van der Waals surface area (Å²) in [6, 6.07) is 7.84. The van der Waals surface area contributed by atoms with Crippen LogP contribution in [0, 0.1) is 0 Å². The molecule has 1 aromatic heterocycles. The molecular weight excluding hydrogens is 364 g/mol. The lowest BCUT2D eigenvalue weighted by Crippen LogP contribution is -2.04. The first kappa shape index (κ1) is 15.9. The number of hydrogen-bond acceptors (Lipinski definition) is 5. The molecule has 0 bridgehead atoms. The molecule has 0 spiro atoms. The monoisotopic (exact) mass is 382 g/mol. The fraction of sp³-hybridized carbons (Fsp3) is 0.500. The Hall–Kier alpha value is -1.01. The molecule has 1 fully saturated rings. The Kier molecular flexibility index (Phi) is 5.78. The van der Waals surface area contributed by atoms with Crippen molar-refractivity contribution in [2.24, 2.45) is 0 Å². The van der Waals surface area contributed by atoms with Gasteiger partial charge in [-0.15, -0.1) is 10.2 Å². The minimum Gasteiger partial charge on any atom is -0.493 e. The average molecular weight is 383 g/mol. The molecule has 0 atom stereocenters. The summed E-state index contributed by atoms with van der Waals surface area (Å²) in [7, 11) is 0. The molecular formula is C16H19BrN2O2S. The van der Waals surface area contributed by atoms with Gasteiger partial charge in [0.25, 0.3) is 5.22 Å². The molecule has 1 heterocycles. The van der Waals surface area contributed by atoms with E-state index < -0.39 is 0 Å². The molecule has 0 N–H and O–H groups in total. The number of halogens is 1. The van der Waals surface area contributed by atoms with Crippen LogP contribution in [-0.2, 0) is 0 Å². The second kappa shape index (κ2) is 8.02. The molecule has 4 nitrogen and oxygen atoms in total. The molecule has 2 aromatic rings.